The van der Waals surface area contributed by atoms with Crippen molar-refractivity contribution < 1.29 is 0 Å². The Hall–Kier alpha value is -1.26. The number of pyridine rings is 1. The fourth-order valence-electron chi connectivity index (χ4n) is 2.06. The molecule has 0 atom stereocenters. The minimum absolute atomic E-state index is 0.195. The van der Waals surface area contributed by atoms with Gasteiger partial charge in [0.25, 0.3) is 0 Å². The fraction of sp³-hybridized carbons (Fsp3) is 0.385. The topological polar surface area (TPSA) is 51.8 Å². The van der Waals surface area contributed by atoms with E-state index in [2.05, 4.69) is 11.9 Å². The van der Waals surface area contributed by atoms with E-state index in [-0.39, 0.29) is 5.41 Å². The second-order valence-corrected chi connectivity index (χ2v) is 5.85. The van der Waals surface area contributed by atoms with Crippen LogP contribution in [0.15, 0.2) is 24.5 Å². The molecule has 88 valence electrons. The van der Waals surface area contributed by atoms with Gasteiger partial charge in [-0.3, -0.25) is 4.98 Å². The van der Waals surface area contributed by atoms with Crippen LogP contribution in [0.2, 0.25) is 0 Å². The number of hydrogen-bond donors (Lipinski definition) is 1. The molecular formula is C13H15N3S. The molecule has 0 saturated heterocycles. The largest absolute Gasteiger partial charge is 0.329 e. The molecule has 0 unspecified atom stereocenters. The molecule has 1 fully saturated rings. The summed E-state index contributed by atoms with van der Waals surface area (Å²) in [6.07, 6.45) is 5.99. The zero-order valence-corrected chi connectivity index (χ0v) is 10.6. The normalized spacial score (nSPS) is 17.1. The number of rotatable bonds is 3. The Morgan fingerprint density at radius 3 is 2.65 bits per heavy atom. The summed E-state index contributed by atoms with van der Waals surface area (Å²) in [5, 5.41) is 1.21. The maximum absolute atomic E-state index is 5.86. The van der Waals surface area contributed by atoms with E-state index in [1.165, 1.54) is 22.7 Å². The monoisotopic (exact) mass is 245 g/mol. The van der Waals surface area contributed by atoms with Crippen LogP contribution in [0.25, 0.3) is 11.3 Å². The average Bonchev–Trinajstić information content (AvgIpc) is 3.08. The third kappa shape index (κ3) is 1.77. The van der Waals surface area contributed by atoms with E-state index in [9.17, 15) is 0 Å². The molecule has 1 aliphatic carbocycles. The highest BCUT2D eigenvalue weighted by molar-refractivity contribution is 7.12. The molecule has 3 nitrogen and oxygen atoms in total. The summed E-state index contributed by atoms with van der Waals surface area (Å²) in [6.45, 7) is 2.85. The van der Waals surface area contributed by atoms with E-state index in [0.29, 0.717) is 0 Å². The first kappa shape index (κ1) is 10.9. The van der Waals surface area contributed by atoms with Gasteiger partial charge in [0.1, 0.15) is 5.01 Å². The van der Waals surface area contributed by atoms with E-state index < -0.39 is 0 Å². The van der Waals surface area contributed by atoms with Crippen molar-refractivity contribution in [2.24, 2.45) is 5.73 Å². The molecule has 0 radical (unpaired) electrons. The molecule has 2 heterocycles. The quantitative estimate of drug-likeness (QED) is 0.904. The lowest BCUT2D eigenvalue weighted by Gasteiger charge is -2.06. The Kier molecular flexibility index (Phi) is 2.49. The fourth-order valence-corrected chi connectivity index (χ4v) is 3.25. The summed E-state index contributed by atoms with van der Waals surface area (Å²) in [4.78, 5) is 10.1. The molecule has 1 aliphatic rings. The molecule has 17 heavy (non-hydrogen) atoms. The van der Waals surface area contributed by atoms with Gasteiger partial charge in [0.2, 0.25) is 0 Å². The van der Waals surface area contributed by atoms with Crippen molar-refractivity contribution in [1.29, 1.82) is 0 Å². The zero-order chi connectivity index (χ0) is 11.9. The molecule has 0 amide bonds. The van der Waals surface area contributed by atoms with Crippen molar-refractivity contribution in [3.05, 3.63) is 34.4 Å². The molecule has 0 aliphatic heterocycles. The highest BCUT2D eigenvalue weighted by Crippen LogP contribution is 2.49. The van der Waals surface area contributed by atoms with Crippen molar-refractivity contribution in [1.82, 2.24) is 9.97 Å². The predicted molar refractivity (Wildman–Crippen MR) is 70.0 cm³/mol. The molecule has 1 saturated carbocycles. The molecule has 0 aromatic carbocycles. The van der Waals surface area contributed by atoms with Gasteiger partial charge in [0.15, 0.2) is 0 Å². The maximum atomic E-state index is 5.86. The molecule has 4 heteroatoms. The lowest BCUT2D eigenvalue weighted by atomic mass is 10.1. The van der Waals surface area contributed by atoms with Gasteiger partial charge < -0.3 is 5.73 Å². The molecule has 3 rings (SSSR count). The SMILES string of the molecule is Cc1sc(C2(CN)CC2)nc1-c1ccncc1. The number of aromatic nitrogens is 2. The number of nitrogens with zero attached hydrogens (tertiary/aromatic N) is 2. The van der Waals surface area contributed by atoms with E-state index in [1.54, 1.807) is 11.3 Å². The van der Waals surface area contributed by atoms with Crippen LogP contribution >= 0.6 is 11.3 Å². The van der Waals surface area contributed by atoms with Crippen molar-refractivity contribution >= 4 is 11.3 Å². The van der Waals surface area contributed by atoms with Crippen LogP contribution in [0.4, 0.5) is 0 Å². The standard InChI is InChI=1S/C13H15N3S/c1-9-11(10-2-6-15-7-3-10)16-12(17-9)13(8-14)4-5-13/h2-3,6-7H,4-5,8,14H2,1H3. The van der Waals surface area contributed by atoms with Gasteiger partial charge in [-0.05, 0) is 31.9 Å². The lowest BCUT2D eigenvalue weighted by molar-refractivity contribution is 0.698. The number of hydrogen-bond acceptors (Lipinski definition) is 4. The zero-order valence-electron chi connectivity index (χ0n) is 9.81. The Labute approximate surface area is 105 Å². The van der Waals surface area contributed by atoms with E-state index >= 15 is 0 Å². The van der Waals surface area contributed by atoms with Gasteiger partial charge >= 0.3 is 0 Å². The highest BCUT2D eigenvalue weighted by Gasteiger charge is 2.45. The van der Waals surface area contributed by atoms with Gasteiger partial charge in [0, 0.05) is 34.8 Å². The molecule has 2 aromatic rings. The second kappa shape index (κ2) is 3.89. The first-order valence-corrected chi connectivity index (χ1v) is 6.65. The van der Waals surface area contributed by atoms with Crippen LogP contribution in [0.5, 0.6) is 0 Å². The summed E-state index contributed by atoms with van der Waals surface area (Å²) in [5.74, 6) is 0. The maximum Gasteiger partial charge on any atom is 0.101 e. The van der Waals surface area contributed by atoms with Gasteiger partial charge in [-0.1, -0.05) is 0 Å². The Morgan fingerprint density at radius 2 is 2.06 bits per heavy atom. The van der Waals surface area contributed by atoms with E-state index in [1.807, 2.05) is 24.5 Å². The lowest BCUT2D eigenvalue weighted by Crippen LogP contribution is -2.19. The smallest absolute Gasteiger partial charge is 0.101 e. The van der Waals surface area contributed by atoms with Crippen LogP contribution in [-0.4, -0.2) is 16.5 Å². The predicted octanol–water partition coefficient (Wildman–Crippen LogP) is 2.50. The Balaban J connectivity index is 2.03. The van der Waals surface area contributed by atoms with Crippen molar-refractivity contribution in [2.45, 2.75) is 25.2 Å². The molecule has 0 spiro atoms. The first-order valence-electron chi connectivity index (χ1n) is 5.83. The Morgan fingerprint density at radius 1 is 1.35 bits per heavy atom. The van der Waals surface area contributed by atoms with Gasteiger partial charge in [0.05, 0.1) is 5.69 Å². The minimum Gasteiger partial charge on any atom is -0.329 e. The molecule has 2 N–H and O–H groups in total. The van der Waals surface area contributed by atoms with Gasteiger partial charge in [-0.25, -0.2) is 4.98 Å². The summed E-state index contributed by atoms with van der Waals surface area (Å²) in [5.41, 5.74) is 8.29. The van der Waals surface area contributed by atoms with Crippen molar-refractivity contribution in [2.75, 3.05) is 6.54 Å². The van der Waals surface area contributed by atoms with Crippen molar-refractivity contribution in [3.63, 3.8) is 0 Å². The van der Waals surface area contributed by atoms with Crippen molar-refractivity contribution in [3.8, 4) is 11.3 Å². The Bertz CT molecular complexity index is 529. The van der Waals surface area contributed by atoms with E-state index in [4.69, 9.17) is 10.7 Å². The van der Waals surface area contributed by atoms with Crippen LogP contribution in [0.3, 0.4) is 0 Å². The number of nitrogens with two attached hydrogens (primary N) is 1. The number of thiazole rings is 1. The summed E-state index contributed by atoms with van der Waals surface area (Å²) >= 11 is 1.79. The second-order valence-electron chi connectivity index (χ2n) is 4.64. The van der Waals surface area contributed by atoms with Crippen LogP contribution in [0.1, 0.15) is 22.7 Å². The third-order valence-corrected chi connectivity index (χ3v) is 4.67. The van der Waals surface area contributed by atoms with Gasteiger partial charge in [-0.2, -0.15) is 0 Å². The molecule has 0 bridgehead atoms. The highest BCUT2D eigenvalue weighted by atomic mass is 32.1. The molecular weight excluding hydrogens is 230 g/mol. The average molecular weight is 245 g/mol. The number of aryl methyl sites for hydroxylation is 1. The first-order chi connectivity index (χ1) is 8.25. The van der Waals surface area contributed by atoms with Crippen LogP contribution < -0.4 is 5.73 Å². The summed E-state index contributed by atoms with van der Waals surface area (Å²) in [6, 6.07) is 4.02. The van der Waals surface area contributed by atoms with Crippen LogP contribution in [-0.2, 0) is 5.41 Å². The summed E-state index contributed by atoms with van der Waals surface area (Å²) in [7, 11) is 0. The summed E-state index contributed by atoms with van der Waals surface area (Å²) < 4.78 is 0. The van der Waals surface area contributed by atoms with Gasteiger partial charge in [-0.15, -0.1) is 11.3 Å². The van der Waals surface area contributed by atoms with E-state index in [0.717, 1.165) is 17.8 Å². The molecule has 2 aromatic heterocycles. The van der Waals surface area contributed by atoms with Crippen LogP contribution in [0, 0.1) is 6.92 Å². The minimum atomic E-state index is 0.195. The third-order valence-electron chi connectivity index (χ3n) is 3.45.